The van der Waals surface area contributed by atoms with Crippen molar-refractivity contribution >= 4 is 28.9 Å². The van der Waals surface area contributed by atoms with Crippen molar-refractivity contribution in [1.82, 2.24) is 0 Å². The second-order valence-corrected chi connectivity index (χ2v) is 3.85. The van der Waals surface area contributed by atoms with Crippen LogP contribution in [0.1, 0.15) is 12.0 Å². The van der Waals surface area contributed by atoms with Gasteiger partial charge in [-0.2, -0.15) is 5.26 Å². The Morgan fingerprint density at radius 2 is 2.27 bits per heavy atom. The van der Waals surface area contributed by atoms with Crippen LogP contribution in [0.4, 0.5) is 0 Å². The summed E-state index contributed by atoms with van der Waals surface area (Å²) in [6, 6.07) is 7.27. The van der Waals surface area contributed by atoms with E-state index in [9.17, 15) is 0 Å². The van der Waals surface area contributed by atoms with Crippen molar-refractivity contribution in [3.63, 3.8) is 0 Å². The highest BCUT2D eigenvalue weighted by atomic mass is 35.5. The number of benzene rings is 1. The zero-order chi connectivity index (χ0) is 10.8. The number of hydrogen-bond donors (Lipinski definition) is 0. The molecule has 0 amide bonds. The maximum Gasteiger partial charge on any atom is 0.218 e. The first-order chi connectivity index (χ1) is 7.22. The minimum atomic E-state index is -0.518. The van der Waals surface area contributed by atoms with Crippen molar-refractivity contribution < 1.29 is 4.84 Å². The van der Waals surface area contributed by atoms with Crippen LogP contribution in [0.3, 0.4) is 0 Å². The van der Waals surface area contributed by atoms with E-state index in [2.05, 4.69) is 5.16 Å². The number of nitriles is 1. The summed E-state index contributed by atoms with van der Waals surface area (Å²) in [7, 11) is 0. The Morgan fingerprint density at radius 1 is 1.47 bits per heavy atom. The summed E-state index contributed by atoms with van der Waals surface area (Å²) in [5.74, 6) is 0. The first-order valence-electron chi connectivity index (χ1n) is 4.29. The lowest BCUT2D eigenvalue weighted by atomic mass is 10.1. The average molecular weight is 241 g/mol. The Balaban J connectivity index is 2.33. The fourth-order valence-corrected chi connectivity index (χ4v) is 1.74. The highest BCUT2D eigenvalue weighted by molar-refractivity contribution is 6.44. The first kappa shape index (κ1) is 10.3. The third-order valence-electron chi connectivity index (χ3n) is 2.08. The van der Waals surface area contributed by atoms with Gasteiger partial charge < -0.3 is 4.84 Å². The van der Waals surface area contributed by atoms with Gasteiger partial charge in [0.2, 0.25) is 6.10 Å². The molecule has 0 spiro atoms. The summed E-state index contributed by atoms with van der Waals surface area (Å²) in [6.45, 7) is 0. The molecular formula is C10H6Cl2N2O. The number of oxime groups is 1. The van der Waals surface area contributed by atoms with Crippen LogP contribution in [0.25, 0.3) is 0 Å². The summed E-state index contributed by atoms with van der Waals surface area (Å²) in [5, 5.41) is 13.4. The highest BCUT2D eigenvalue weighted by Crippen LogP contribution is 2.28. The van der Waals surface area contributed by atoms with Gasteiger partial charge in [0, 0.05) is 12.0 Å². The standard InChI is InChI=1S/C10H6Cl2N2O/c11-8-3-1-2-7(10(8)12)9-4-6(5-13)15-14-9/h1-3,6H,4H2. The van der Waals surface area contributed by atoms with Crippen LogP contribution in [-0.2, 0) is 4.84 Å². The molecule has 1 aliphatic rings. The topological polar surface area (TPSA) is 45.4 Å². The van der Waals surface area contributed by atoms with Gasteiger partial charge in [0.15, 0.2) is 0 Å². The molecule has 2 rings (SSSR count). The second kappa shape index (κ2) is 4.09. The Bertz CT molecular complexity index is 465. The molecule has 3 nitrogen and oxygen atoms in total. The molecule has 1 unspecified atom stereocenters. The van der Waals surface area contributed by atoms with Crippen LogP contribution < -0.4 is 0 Å². The maximum absolute atomic E-state index is 8.65. The van der Waals surface area contributed by atoms with Crippen LogP contribution in [0.5, 0.6) is 0 Å². The summed E-state index contributed by atoms with van der Waals surface area (Å²) >= 11 is 11.9. The number of nitrogens with zero attached hydrogens (tertiary/aromatic N) is 2. The molecule has 0 N–H and O–H groups in total. The van der Waals surface area contributed by atoms with Gasteiger partial charge in [-0.3, -0.25) is 0 Å². The molecule has 1 heterocycles. The molecule has 1 atom stereocenters. The fraction of sp³-hybridized carbons (Fsp3) is 0.200. The summed E-state index contributed by atoms with van der Waals surface area (Å²) in [5.41, 5.74) is 1.39. The summed E-state index contributed by atoms with van der Waals surface area (Å²) < 4.78 is 0. The molecule has 0 fully saturated rings. The monoisotopic (exact) mass is 240 g/mol. The van der Waals surface area contributed by atoms with E-state index >= 15 is 0 Å². The van der Waals surface area contributed by atoms with Gasteiger partial charge in [0.05, 0.1) is 15.8 Å². The summed E-state index contributed by atoms with van der Waals surface area (Å²) in [4.78, 5) is 4.89. The van der Waals surface area contributed by atoms with Crippen molar-refractivity contribution in [3.8, 4) is 6.07 Å². The molecule has 1 aromatic carbocycles. The largest absolute Gasteiger partial charge is 0.376 e. The van der Waals surface area contributed by atoms with Crippen molar-refractivity contribution in [1.29, 1.82) is 5.26 Å². The van der Waals surface area contributed by atoms with Crippen LogP contribution in [0.2, 0.25) is 10.0 Å². The Hall–Kier alpha value is -1.24. The van der Waals surface area contributed by atoms with E-state index in [1.165, 1.54) is 0 Å². The van der Waals surface area contributed by atoms with Crippen LogP contribution in [-0.4, -0.2) is 11.8 Å². The molecular weight excluding hydrogens is 235 g/mol. The normalized spacial score (nSPS) is 19.3. The molecule has 5 heteroatoms. The third kappa shape index (κ3) is 1.92. The predicted molar refractivity (Wildman–Crippen MR) is 58.1 cm³/mol. The van der Waals surface area contributed by atoms with Gasteiger partial charge in [0.25, 0.3) is 0 Å². The number of rotatable bonds is 1. The lowest BCUT2D eigenvalue weighted by molar-refractivity contribution is 0.125. The summed E-state index contributed by atoms with van der Waals surface area (Å²) in [6.07, 6.45) is -0.0774. The highest BCUT2D eigenvalue weighted by Gasteiger charge is 2.23. The zero-order valence-corrected chi connectivity index (χ0v) is 9.09. The van der Waals surface area contributed by atoms with E-state index in [4.69, 9.17) is 33.3 Å². The van der Waals surface area contributed by atoms with Gasteiger partial charge in [-0.15, -0.1) is 0 Å². The van der Waals surface area contributed by atoms with E-state index in [0.29, 0.717) is 22.2 Å². The molecule has 1 aromatic rings. The van der Waals surface area contributed by atoms with E-state index in [-0.39, 0.29) is 0 Å². The molecule has 0 saturated carbocycles. The Kier molecular flexibility index (Phi) is 2.81. The fourth-order valence-electron chi connectivity index (χ4n) is 1.33. The van der Waals surface area contributed by atoms with E-state index < -0.39 is 6.10 Å². The van der Waals surface area contributed by atoms with Gasteiger partial charge >= 0.3 is 0 Å². The average Bonchev–Trinajstić information content (AvgIpc) is 2.70. The van der Waals surface area contributed by atoms with Crippen molar-refractivity contribution in [3.05, 3.63) is 33.8 Å². The minimum Gasteiger partial charge on any atom is -0.376 e. The zero-order valence-electron chi connectivity index (χ0n) is 7.58. The Labute approximate surface area is 96.8 Å². The van der Waals surface area contributed by atoms with Crippen molar-refractivity contribution in [2.24, 2.45) is 5.16 Å². The molecule has 0 radical (unpaired) electrons. The van der Waals surface area contributed by atoms with Gasteiger partial charge in [-0.1, -0.05) is 40.5 Å². The minimum absolute atomic E-state index is 0.441. The molecule has 76 valence electrons. The van der Waals surface area contributed by atoms with Gasteiger partial charge in [-0.25, -0.2) is 0 Å². The molecule has 15 heavy (non-hydrogen) atoms. The van der Waals surface area contributed by atoms with Crippen molar-refractivity contribution in [2.75, 3.05) is 0 Å². The van der Waals surface area contributed by atoms with E-state index in [1.54, 1.807) is 18.2 Å². The third-order valence-corrected chi connectivity index (χ3v) is 2.89. The maximum atomic E-state index is 8.65. The molecule has 0 saturated heterocycles. The van der Waals surface area contributed by atoms with Gasteiger partial charge in [-0.05, 0) is 6.07 Å². The van der Waals surface area contributed by atoms with Gasteiger partial charge in [0.1, 0.15) is 6.07 Å². The predicted octanol–water partition coefficient (Wildman–Crippen LogP) is 3.01. The second-order valence-electron chi connectivity index (χ2n) is 3.07. The number of halogens is 2. The van der Waals surface area contributed by atoms with E-state index in [0.717, 1.165) is 5.56 Å². The SMILES string of the molecule is N#CC1CC(c2cccc(Cl)c2Cl)=NO1. The molecule has 0 aromatic heterocycles. The van der Waals surface area contributed by atoms with Crippen LogP contribution >= 0.6 is 23.2 Å². The van der Waals surface area contributed by atoms with Crippen LogP contribution in [0.15, 0.2) is 23.4 Å². The Morgan fingerprint density at radius 3 is 2.93 bits per heavy atom. The molecule has 1 aliphatic heterocycles. The lowest BCUT2D eigenvalue weighted by Gasteiger charge is -2.02. The lowest BCUT2D eigenvalue weighted by Crippen LogP contribution is -2.05. The number of hydrogen-bond acceptors (Lipinski definition) is 3. The molecule has 0 bridgehead atoms. The molecule has 0 aliphatic carbocycles. The van der Waals surface area contributed by atoms with Crippen molar-refractivity contribution in [2.45, 2.75) is 12.5 Å². The quantitative estimate of drug-likeness (QED) is 0.758. The first-order valence-corrected chi connectivity index (χ1v) is 5.04. The van der Waals surface area contributed by atoms with E-state index in [1.807, 2.05) is 6.07 Å². The smallest absolute Gasteiger partial charge is 0.218 e. The van der Waals surface area contributed by atoms with Crippen LogP contribution in [0, 0.1) is 11.3 Å².